The Morgan fingerprint density at radius 1 is 1.13 bits per heavy atom. The normalized spacial score (nSPS) is 10.5. The summed E-state index contributed by atoms with van der Waals surface area (Å²) >= 11 is 0. The van der Waals surface area contributed by atoms with Gasteiger partial charge in [0.25, 0.3) is 0 Å². The van der Waals surface area contributed by atoms with Gasteiger partial charge in [0.05, 0.1) is 7.11 Å². The number of hydrogen-bond donors (Lipinski definition) is 1. The molecule has 0 atom stereocenters. The highest BCUT2D eigenvalue weighted by atomic mass is 16.5. The van der Waals surface area contributed by atoms with Crippen LogP contribution >= 0.6 is 0 Å². The average molecular weight is 311 g/mol. The molecule has 4 nitrogen and oxygen atoms in total. The van der Waals surface area contributed by atoms with Crippen molar-refractivity contribution in [2.24, 2.45) is 0 Å². The van der Waals surface area contributed by atoms with Crippen molar-refractivity contribution < 1.29 is 14.3 Å². The monoisotopic (exact) mass is 311 g/mol. The number of anilines is 1. The Bertz CT molecular complexity index is 663. The van der Waals surface area contributed by atoms with E-state index < -0.39 is 0 Å². The molecule has 2 rings (SSSR count). The zero-order valence-electron chi connectivity index (χ0n) is 13.4. The van der Waals surface area contributed by atoms with E-state index in [-0.39, 0.29) is 19.1 Å². The minimum atomic E-state index is -0.296. The standard InChI is InChI=1S/C19H21NO3/c1-15-9-11-17(12-10-15)20-14-19(21)23-13-5-7-16-6-3-4-8-18(16)22-2/h3-12,20H,13-14H2,1-2H3/b7-5+. The van der Waals surface area contributed by atoms with Crippen LogP contribution in [0.25, 0.3) is 6.08 Å². The Hall–Kier alpha value is -2.75. The Morgan fingerprint density at radius 2 is 1.87 bits per heavy atom. The lowest BCUT2D eigenvalue weighted by Gasteiger charge is -2.06. The van der Waals surface area contributed by atoms with Crippen molar-refractivity contribution in [2.45, 2.75) is 6.92 Å². The lowest BCUT2D eigenvalue weighted by Crippen LogP contribution is -2.16. The molecule has 2 aromatic rings. The molecule has 0 fully saturated rings. The van der Waals surface area contributed by atoms with E-state index in [1.54, 1.807) is 13.2 Å². The maximum atomic E-state index is 11.7. The number of para-hydroxylation sites is 1. The van der Waals surface area contributed by atoms with Gasteiger partial charge in [-0.3, -0.25) is 4.79 Å². The van der Waals surface area contributed by atoms with Crippen LogP contribution in [0.5, 0.6) is 5.75 Å². The van der Waals surface area contributed by atoms with Gasteiger partial charge < -0.3 is 14.8 Å². The van der Waals surface area contributed by atoms with E-state index in [1.165, 1.54) is 5.56 Å². The average Bonchev–Trinajstić information content (AvgIpc) is 2.58. The number of methoxy groups -OCH3 is 1. The summed E-state index contributed by atoms with van der Waals surface area (Å²) in [7, 11) is 1.63. The van der Waals surface area contributed by atoms with Crippen molar-refractivity contribution in [3.05, 3.63) is 65.7 Å². The molecule has 0 heterocycles. The molecule has 23 heavy (non-hydrogen) atoms. The first-order chi connectivity index (χ1) is 11.2. The van der Waals surface area contributed by atoms with Crippen molar-refractivity contribution in [3.8, 4) is 5.75 Å². The Balaban J connectivity index is 1.74. The molecular formula is C19H21NO3. The van der Waals surface area contributed by atoms with Crippen molar-refractivity contribution in [3.63, 3.8) is 0 Å². The van der Waals surface area contributed by atoms with Gasteiger partial charge in [0.2, 0.25) is 0 Å². The minimum Gasteiger partial charge on any atom is -0.496 e. The molecule has 0 saturated heterocycles. The molecule has 1 N–H and O–H groups in total. The van der Waals surface area contributed by atoms with E-state index >= 15 is 0 Å². The quantitative estimate of drug-likeness (QED) is 0.793. The van der Waals surface area contributed by atoms with Gasteiger partial charge in [-0.1, -0.05) is 42.0 Å². The van der Waals surface area contributed by atoms with Gasteiger partial charge in [-0.05, 0) is 31.2 Å². The first kappa shape index (κ1) is 16.6. The highest BCUT2D eigenvalue weighted by Crippen LogP contribution is 2.18. The molecule has 0 bridgehead atoms. The summed E-state index contributed by atoms with van der Waals surface area (Å²) in [6, 6.07) is 15.5. The SMILES string of the molecule is COc1ccccc1/C=C/COC(=O)CNc1ccc(C)cc1. The third kappa shape index (κ3) is 5.51. The van der Waals surface area contributed by atoms with Gasteiger partial charge in [-0.25, -0.2) is 0 Å². The largest absolute Gasteiger partial charge is 0.496 e. The second kappa shape index (κ2) is 8.63. The van der Waals surface area contributed by atoms with Gasteiger partial charge in [0.1, 0.15) is 18.9 Å². The van der Waals surface area contributed by atoms with E-state index in [4.69, 9.17) is 9.47 Å². The topological polar surface area (TPSA) is 47.6 Å². The van der Waals surface area contributed by atoms with Crippen molar-refractivity contribution >= 4 is 17.7 Å². The number of carbonyl (C=O) groups excluding carboxylic acids is 1. The fourth-order valence-corrected chi connectivity index (χ4v) is 2.02. The Labute approximate surface area is 136 Å². The molecule has 0 spiro atoms. The number of carbonyl (C=O) groups is 1. The molecule has 0 saturated carbocycles. The van der Waals surface area contributed by atoms with E-state index in [0.717, 1.165) is 17.0 Å². The molecule has 0 aromatic heterocycles. The molecular weight excluding hydrogens is 290 g/mol. The van der Waals surface area contributed by atoms with Crippen LogP contribution in [0.1, 0.15) is 11.1 Å². The number of esters is 1. The Morgan fingerprint density at radius 3 is 2.61 bits per heavy atom. The maximum absolute atomic E-state index is 11.7. The third-order valence-electron chi connectivity index (χ3n) is 3.27. The van der Waals surface area contributed by atoms with Crippen molar-refractivity contribution in [1.82, 2.24) is 0 Å². The highest BCUT2D eigenvalue weighted by molar-refractivity contribution is 5.75. The second-order valence-electron chi connectivity index (χ2n) is 5.05. The summed E-state index contributed by atoms with van der Waals surface area (Å²) in [5.74, 6) is 0.492. The predicted molar refractivity (Wildman–Crippen MR) is 92.7 cm³/mol. The van der Waals surface area contributed by atoms with Crippen LogP contribution in [0.2, 0.25) is 0 Å². The smallest absolute Gasteiger partial charge is 0.325 e. The lowest BCUT2D eigenvalue weighted by molar-refractivity contribution is -0.140. The molecule has 0 amide bonds. The molecule has 0 aliphatic carbocycles. The van der Waals surface area contributed by atoms with Crippen LogP contribution in [-0.4, -0.2) is 26.2 Å². The van der Waals surface area contributed by atoms with Gasteiger partial charge >= 0.3 is 5.97 Å². The van der Waals surface area contributed by atoms with E-state index in [2.05, 4.69) is 5.32 Å². The van der Waals surface area contributed by atoms with E-state index in [9.17, 15) is 4.79 Å². The van der Waals surface area contributed by atoms with Crippen LogP contribution in [-0.2, 0) is 9.53 Å². The van der Waals surface area contributed by atoms with E-state index in [0.29, 0.717) is 0 Å². The van der Waals surface area contributed by atoms with Gasteiger partial charge in [0.15, 0.2) is 0 Å². The fourth-order valence-electron chi connectivity index (χ4n) is 2.02. The molecule has 0 unspecified atom stereocenters. The molecule has 0 aliphatic heterocycles. The van der Waals surface area contributed by atoms with Gasteiger partial charge in [-0.15, -0.1) is 0 Å². The zero-order chi connectivity index (χ0) is 16.5. The summed E-state index contributed by atoms with van der Waals surface area (Å²) in [5, 5.41) is 3.03. The third-order valence-corrected chi connectivity index (χ3v) is 3.27. The minimum absolute atomic E-state index is 0.144. The van der Waals surface area contributed by atoms with Crippen LogP contribution in [0.15, 0.2) is 54.6 Å². The predicted octanol–water partition coefficient (Wildman–Crippen LogP) is 3.67. The molecule has 0 aliphatic rings. The molecule has 0 radical (unpaired) electrons. The van der Waals surface area contributed by atoms with Crippen LogP contribution in [0.4, 0.5) is 5.69 Å². The first-order valence-corrected chi connectivity index (χ1v) is 7.45. The molecule has 2 aromatic carbocycles. The van der Waals surface area contributed by atoms with Crippen LogP contribution < -0.4 is 10.1 Å². The van der Waals surface area contributed by atoms with Gasteiger partial charge in [0, 0.05) is 11.3 Å². The number of nitrogens with one attached hydrogen (secondary N) is 1. The van der Waals surface area contributed by atoms with E-state index in [1.807, 2.05) is 61.5 Å². The zero-order valence-corrected chi connectivity index (χ0v) is 13.4. The van der Waals surface area contributed by atoms with Crippen molar-refractivity contribution in [1.29, 1.82) is 0 Å². The summed E-state index contributed by atoms with van der Waals surface area (Å²) in [5.41, 5.74) is 3.03. The number of hydrogen-bond acceptors (Lipinski definition) is 4. The van der Waals surface area contributed by atoms with Gasteiger partial charge in [-0.2, -0.15) is 0 Å². The Kier molecular flexibility index (Phi) is 6.24. The summed E-state index contributed by atoms with van der Waals surface area (Å²) in [6.07, 6.45) is 3.67. The van der Waals surface area contributed by atoms with Crippen LogP contribution in [0.3, 0.4) is 0 Å². The number of ether oxygens (including phenoxy) is 2. The molecule has 4 heteroatoms. The number of aryl methyl sites for hydroxylation is 1. The molecule has 120 valence electrons. The highest BCUT2D eigenvalue weighted by Gasteiger charge is 2.01. The second-order valence-corrected chi connectivity index (χ2v) is 5.05. The summed E-state index contributed by atoms with van der Waals surface area (Å²) in [6.45, 7) is 2.39. The number of benzene rings is 2. The summed E-state index contributed by atoms with van der Waals surface area (Å²) < 4.78 is 10.4. The van der Waals surface area contributed by atoms with Crippen molar-refractivity contribution in [2.75, 3.05) is 25.6 Å². The first-order valence-electron chi connectivity index (χ1n) is 7.45. The van der Waals surface area contributed by atoms with Crippen LogP contribution in [0, 0.1) is 6.92 Å². The summed E-state index contributed by atoms with van der Waals surface area (Å²) in [4.78, 5) is 11.7. The maximum Gasteiger partial charge on any atom is 0.325 e. The number of rotatable bonds is 7. The fraction of sp³-hybridized carbons (Fsp3) is 0.211. The lowest BCUT2D eigenvalue weighted by atomic mass is 10.2.